The van der Waals surface area contributed by atoms with Crippen LogP contribution in [0.4, 0.5) is 21.2 Å². The molecule has 0 radical (unpaired) electrons. The Kier molecular flexibility index (Phi) is 8.96. The Bertz CT molecular complexity index is 1920. The fraction of sp³-hybridized carbons (Fsp3) is 0.325. The molecule has 0 aromatic heterocycles. The normalized spacial score (nSPS) is 24.3. The highest BCUT2D eigenvalue weighted by atomic mass is 28.4. The van der Waals surface area contributed by atoms with E-state index in [0.29, 0.717) is 29.9 Å². The van der Waals surface area contributed by atoms with Crippen molar-refractivity contribution in [2.24, 2.45) is 5.92 Å². The van der Waals surface area contributed by atoms with E-state index in [4.69, 9.17) is 4.74 Å². The highest BCUT2D eigenvalue weighted by Gasteiger charge is 2.67. The first-order valence-electron chi connectivity index (χ1n) is 17.2. The first-order chi connectivity index (χ1) is 24.1. The molecule has 10 heteroatoms. The van der Waals surface area contributed by atoms with Crippen LogP contribution in [-0.4, -0.2) is 55.4 Å². The zero-order valence-electron chi connectivity index (χ0n) is 28.5. The van der Waals surface area contributed by atoms with Crippen molar-refractivity contribution in [2.45, 2.75) is 69.2 Å². The van der Waals surface area contributed by atoms with Crippen molar-refractivity contribution in [3.8, 4) is 0 Å². The number of anilines is 3. The molecule has 3 amide bonds. The van der Waals surface area contributed by atoms with Crippen molar-refractivity contribution in [3.63, 3.8) is 0 Å². The van der Waals surface area contributed by atoms with E-state index in [2.05, 4.69) is 0 Å². The van der Waals surface area contributed by atoms with Gasteiger partial charge in [0.05, 0.1) is 37.4 Å². The molecule has 0 bridgehead atoms. The quantitative estimate of drug-likeness (QED) is 0.121. The van der Waals surface area contributed by atoms with Gasteiger partial charge in [-0.05, 0) is 66.5 Å². The second-order valence-corrected chi connectivity index (χ2v) is 18.0. The van der Waals surface area contributed by atoms with Crippen molar-refractivity contribution in [1.29, 1.82) is 0 Å². The summed E-state index contributed by atoms with van der Waals surface area (Å²) >= 11 is 0. The van der Waals surface area contributed by atoms with Gasteiger partial charge in [0.1, 0.15) is 0 Å². The number of aliphatic hydroxyl groups excluding tert-OH is 1. The van der Waals surface area contributed by atoms with Crippen molar-refractivity contribution in [2.75, 3.05) is 16.4 Å². The Hall–Kier alpha value is -4.64. The maximum Gasteiger partial charge on any atom is 0.264 e. The van der Waals surface area contributed by atoms with Gasteiger partial charge in [-0.2, -0.15) is 0 Å². The summed E-state index contributed by atoms with van der Waals surface area (Å²) < 4.78 is 23.3. The van der Waals surface area contributed by atoms with E-state index in [1.54, 1.807) is 27.8 Å². The van der Waals surface area contributed by atoms with Gasteiger partial charge in [0.25, 0.3) is 5.91 Å². The number of aliphatic hydroxyl groups is 1. The second-order valence-electron chi connectivity index (χ2n) is 14.2. The Morgan fingerprint density at radius 1 is 0.980 bits per heavy atom. The lowest BCUT2D eigenvalue weighted by atomic mass is 9.82. The predicted octanol–water partition coefficient (Wildman–Crippen LogP) is 6.64. The summed E-state index contributed by atoms with van der Waals surface area (Å²) in [7, 11) is -3.50. The highest BCUT2D eigenvalue weighted by molar-refractivity contribution is 6.72. The maximum atomic E-state index is 16.4. The molecular formula is C40H42FN3O5Si. The summed E-state index contributed by atoms with van der Waals surface area (Å²) in [5.41, 5.74) is 3.57. The molecule has 1 saturated heterocycles. The van der Waals surface area contributed by atoms with Crippen LogP contribution in [0.2, 0.25) is 18.6 Å². The molecule has 3 aliphatic heterocycles. The van der Waals surface area contributed by atoms with Gasteiger partial charge in [0, 0.05) is 34.9 Å². The number of rotatable bonds is 9. The minimum absolute atomic E-state index is 0.0890. The number of nitrogens with zero attached hydrogens (tertiary/aromatic N) is 3. The molecule has 3 aliphatic rings. The van der Waals surface area contributed by atoms with Crippen LogP contribution in [0.25, 0.3) is 0 Å². The molecule has 7 rings (SSSR count). The average Bonchev–Trinajstić information content (AvgIpc) is 3.54. The number of hydrogen-bond acceptors (Lipinski definition) is 5. The Morgan fingerprint density at radius 3 is 2.38 bits per heavy atom. The summed E-state index contributed by atoms with van der Waals surface area (Å²) in [5, 5.41) is 10.3. The number of carbonyl (C=O) groups excluding carboxylic acids is 3. The number of benzene rings is 4. The minimum Gasteiger partial charge on any atom is -0.394 e. The molecule has 8 nitrogen and oxygen atoms in total. The number of hydrogen-bond donors (Lipinski definition) is 1. The van der Waals surface area contributed by atoms with E-state index in [0.717, 1.165) is 28.8 Å². The fourth-order valence-electron chi connectivity index (χ4n) is 8.54. The number of carbonyl (C=O) groups is 3. The molecule has 4 aromatic rings. The molecule has 1 spiro atoms. The van der Waals surface area contributed by atoms with Gasteiger partial charge in [-0.1, -0.05) is 79.7 Å². The monoisotopic (exact) mass is 691 g/mol. The first kappa shape index (κ1) is 33.8. The Morgan fingerprint density at radius 2 is 1.66 bits per heavy atom. The third-order valence-corrected chi connectivity index (χ3v) is 13.3. The van der Waals surface area contributed by atoms with E-state index < -0.39 is 37.6 Å². The molecule has 258 valence electrons. The summed E-state index contributed by atoms with van der Waals surface area (Å²) in [5.74, 6) is -1.05. The number of para-hydroxylation sites is 2. The van der Waals surface area contributed by atoms with Crippen LogP contribution >= 0.6 is 0 Å². The second kappa shape index (κ2) is 13.2. The van der Waals surface area contributed by atoms with Crippen LogP contribution in [-0.2, 0) is 44.2 Å². The van der Waals surface area contributed by atoms with Gasteiger partial charge in [-0.3, -0.25) is 19.3 Å². The number of ether oxygens (including phenoxy) is 1. The van der Waals surface area contributed by atoms with Gasteiger partial charge in [-0.15, -0.1) is 0 Å². The number of amides is 3. The van der Waals surface area contributed by atoms with Gasteiger partial charge in [0.2, 0.25) is 20.7 Å². The third-order valence-electron chi connectivity index (χ3n) is 10.8. The molecule has 1 N–H and O–H groups in total. The van der Waals surface area contributed by atoms with Gasteiger partial charge in [-0.25, -0.2) is 0 Å². The molecule has 5 atom stereocenters. The zero-order valence-corrected chi connectivity index (χ0v) is 29.5. The van der Waals surface area contributed by atoms with Crippen molar-refractivity contribution >= 4 is 43.7 Å². The summed E-state index contributed by atoms with van der Waals surface area (Å²) in [6, 6.07) is 31.8. The van der Waals surface area contributed by atoms with Crippen molar-refractivity contribution < 1.29 is 28.3 Å². The summed E-state index contributed by atoms with van der Waals surface area (Å²) in [4.78, 5) is 46.0. The highest BCUT2D eigenvalue weighted by Crippen LogP contribution is 2.60. The standard InChI is InChI=1S/C40H42FN3O5Si/c1-27-38(50(2,3)41)36(22-37(47)42-24-30-14-8-7-13-29(30)21-33(42)25-45)49-40(27)34-18-9-10-19-35(34)43(39(40)48)23-28-12-11-17-32(20-28)44(26-46)31-15-5-4-6-16-31/h4-20,26-27,33,36,38,45H,21-25H2,1-3H3/t27-,33-,36+,38-,40+/m0/s1. The van der Waals surface area contributed by atoms with Crippen LogP contribution in [0.15, 0.2) is 103 Å². The lowest BCUT2D eigenvalue weighted by Crippen LogP contribution is -2.48. The van der Waals surface area contributed by atoms with Crippen molar-refractivity contribution in [3.05, 3.63) is 125 Å². The number of halogens is 1. The minimum atomic E-state index is -3.50. The fourth-order valence-corrected chi connectivity index (χ4v) is 11.0. The topological polar surface area (TPSA) is 90.4 Å². The van der Waals surface area contributed by atoms with E-state index in [1.807, 2.05) is 110 Å². The largest absolute Gasteiger partial charge is 0.394 e. The molecule has 0 aliphatic carbocycles. The van der Waals surface area contributed by atoms with Crippen LogP contribution < -0.4 is 9.80 Å². The van der Waals surface area contributed by atoms with Crippen LogP contribution in [0.3, 0.4) is 0 Å². The van der Waals surface area contributed by atoms with E-state index in [9.17, 15) is 19.5 Å². The first-order valence-corrected chi connectivity index (χ1v) is 20.2. The van der Waals surface area contributed by atoms with Gasteiger partial charge >= 0.3 is 0 Å². The van der Waals surface area contributed by atoms with Crippen LogP contribution in [0.5, 0.6) is 0 Å². The summed E-state index contributed by atoms with van der Waals surface area (Å²) in [6.45, 7) is 5.52. The molecule has 4 aromatic carbocycles. The SMILES string of the molecule is C[C@H]1[C@H]([Si](C)(C)F)[C@@H](CC(=O)N2Cc3ccccc3C[C@H]2CO)O[C@]12C(=O)N(Cc1cccc(N(C=O)c3ccccc3)c1)c1ccccc12. The molecular weight excluding hydrogens is 650 g/mol. The van der Waals surface area contributed by atoms with Gasteiger partial charge < -0.3 is 23.8 Å². The van der Waals surface area contributed by atoms with Gasteiger partial charge in [0.15, 0.2) is 5.60 Å². The molecule has 50 heavy (non-hydrogen) atoms. The van der Waals surface area contributed by atoms with E-state index in [1.165, 1.54) is 0 Å². The molecule has 0 unspecified atom stereocenters. The maximum absolute atomic E-state index is 16.4. The van der Waals surface area contributed by atoms with Crippen LogP contribution in [0.1, 0.15) is 35.6 Å². The lowest BCUT2D eigenvalue weighted by molar-refractivity contribution is -0.151. The third kappa shape index (κ3) is 5.75. The molecule has 0 saturated carbocycles. The van der Waals surface area contributed by atoms with Crippen LogP contribution in [0, 0.1) is 5.92 Å². The predicted molar refractivity (Wildman–Crippen MR) is 193 cm³/mol. The Labute approximate surface area is 293 Å². The molecule has 3 heterocycles. The molecule has 1 fully saturated rings. The van der Waals surface area contributed by atoms with E-state index >= 15 is 4.11 Å². The Balaban J connectivity index is 1.20. The number of fused-ring (bicyclic) bond motifs is 3. The summed E-state index contributed by atoms with van der Waals surface area (Å²) in [6.07, 6.45) is 0.389. The zero-order chi connectivity index (χ0) is 35.2. The lowest BCUT2D eigenvalue weighted by Gasteiger charge is -2.37. The van der Waals surface area contributed by atoms with E-state index in [-0.39, 0.29) is 31.4 Å². The smallest absolute Gasteiger partial charge is 0.264 e. The average molecular weight is 692 g/mol. The van der Waals surface area contributed by atoms with Crippen molar-refractivity contribution in [1.82, 2.24) is 4.90 Å².